The van der Waals surface area contributed by atoms with Gasteiger partial charge in [-0.1, -0.05) is 148 Å². The van der Waals surface area contributed by atoms with E-state index in [9.17, 15) is 0 Å². The van der Waals surface area contributed by atoms with Gasteiger partial charge in [-0.2, -0.15) is 0 Å². The maximum atomic E-state index is 2.22. The molecule has 0 saturated heterocycles. The molecule has 0 unspecified atom stereocenters. The molecule has 0 aliphatic carbocycles. The molecule has 0 spiro atoms. The second-order valence-corrected chi connectivity index (χ2v) is 19.1. The molecule has 0 aliphatic rings. The van der Waals surface area contributed by atoms with Crippen molar-refractivity contribution >= 4 is 11.3 Å². The Labute approximate surface area is 385 Å². The Kier molecular flexibility index (Phi) is 24.7. The van der Waals surface area contributed by atoms with Crippen molar-refractivity contribution in [3.8, 4) is 0 Å². The zero-order chi connectivity index (χ0) is 47.3. The van der Waals surface area contributed by atoms with Crippen LogP contribution in [-0.2, 0) is 0 Å². The molecule has 62 heavy (non-hydrogen) atoms. The molecule has 0 atom stereocenters. The largest absolute Gasteiger partial charge is 0.146 e. The SMILES string of the molecule is Cc1cc(C)c(C)c(C)c1.Cc1cc(C)c(C)c(C)c1.Cc1cc(C)cc(C)c1.Cc1ccc(C)c(C)c1.Cc1ccc(C)s1.Cc1cccc(C)c1.Cc1cccc(C)c1C. The van der Waals surface area contributed by atoms with Crippen LogP contribution in [0.25, 0.3) is 0 Å². The number of thiophene rings is 1. The summed E-state index contributed by atoms with van der Waals surface area (Å²) in [7, 11) is 0. The average molecular weight is 847 g/mol. The highest BCUT2D eigenvalue weighted by Crippen LogP contribution is 2.16. The number of benzene rings is 6. The maximum Gasteiger partial charge on any atom is 0.00170 e. The van der Waals surface area contributed by atoms with Gasteiger partial charge in [-0.3, -0.25) is 0 Å². The molecule has 0 amide bonds. The number of hydrogen-bond donors (Lipinski definition) is 0. The first-order chi connectivity index (χ1) is 28.9. The van der Waals surface area contributed by atoms with Gasteiger partial charge in [0.05, 0.1) is 0 Å². The predicted octanol–water partition coefficient (Wildman–Crippen LogP) is 18.3. The zero-order valence-corrected chi connectivity index (χ0v) is 43.7. The summed E-state index contributed by atoms with van der Waals surface area (Å²) in [6.45, 7) is 44.9. The van der Waals surface area contributed by atoms with E-state index >= 15 is 0 Å². The smallest absolute Gasteiger partial charge is 0.00170 e. The summed E-state index contributed by atoms with van der Waals surface area (Å²) in [5.41, 5.74) is 26.2. The molecule has 0 N–H and O–H groups in total. The Morgan fingerprint density at radius 1 is 0.210 bits per heavy atom. The highest BCUT2D eigenvalue weighted by molar-refractivity contribution is 7.11. The van der Waals surface area contributed by atoms with Gasteiger partial charge in [0.25, 0.3) is 0 Å². The van der Waals surface area contributed by atoms with Crippen molar-refractivity contribution in [2.75, 3.05) is 0 Å². The van der Waals surface area contributed by atoms with Gasteiger partial charge in [0.15, 0.2) is 0 Å². The van der Waals surface area contributed by atoms with Crippen molar-refractivity contribution in [3.63, 3.8) is 0 Å². The average Bonchev–Trinajstić information content (AvgIpc) is 3.56. The summed E-state index contributed by atoms with van der Waals surface area (Å²) < 4.78 is 0. The number of hydrogen-bond acceptors (Lipinski definition) is 1. The Balaban J connectivity index is 0.000000363. The molecule has 7 rings (SSSR count). The van der Waals surface area contributed by atoms with Gasteiger partial charge in [0.1, 0.15) is 0 Å². The summed E-state index contributed by atoms with van der Waals surface area (Å²) in [5, 5.41) is 0. The Bertz CT molecular complexity index is 2210. The van der Waals surface area contributed by atoms with Gasteiger partial charge in [0, 0.05) is 9.75 Å². The Morgan fingerprint density at radius 2 is 0.484 bits per heavy atom. The normalized spacial score (nSPS) is 9.69. The number of aryl methyl sites for hydroxylation is 18. The highest BCUT2D eigenvalue weighted by Gasteiger charge is 1.97. The van der Waals surface area contributed by atoms with Crippen LogP contribution in [-0.4, -0.2) is 0 Å². The third kappa shape index (κ3) is 22.2. The minimum absolute atomic E-state index is 1.34. The monoisotopic (exact) mass is 847 g/mol. The molecule has 6 aromatic carbocycles. The van der Waals surface area contributed by atoms with E-state index in [0.29, 0.717) is 0 Å². The van der Waals surface area contributed by atoms with Crippen molar-refractivity contribution in [2.45, 2.75) is 145 Å². The van der Waals surface area contributed by atoms with E-state index in [0.717, 1.165) is 0 Å². The van der Waals surface area contributed by atoms with Crippen LogP contribution in [0.15, 0.2) is 115 Å². The maximum absolute atomic E-state index is 2.22. The summed E-state index contributed by atoms with van der Waals surface area (Å²) in [4.78, 5) is 2.80. The minimum Gasteiger partial charge on any atom is -0.146 e. The van der Waals surface area contributed by atoms with E-state index in [-0.39, 0.29) is 0 Å². The molecular formula is C61H82S. The first-order valence-electron chi connectivity index (χ1n) is 22.2. The van der Waals surface area contributed by atoms with Crippen LogP contribution >= 0.6 is 11.3 Å². The topological polar surface area (TPSA) is 0 Å². The molecule has 1 aromatic heterocycles. The second-order valence-electron chi connectivity index (χ2n) is 17.6. The summed E-state index contributed by atoms with van der Waals surface area (Å²) >= 11 is 1.84. The van der Waals surface area contributed by atoms with Crippen molar-refractivity contribution in [1.82, 2.24) is 0 Å². The Morgan fingerprint density at radius 3 is 0.742 bits per heavy atom. The van der Waals surface area contributed by atoms with E-state index in [1.807, 2.05) is 11.3 Å². The fourth-order valence-corrected chi connectivity index (χ4v) is 7.64. The first kappa shape index (κ1) is 55.0. The molecule has 332 valence electrons. The first-order valence-corrected chi connectivity index (χ1v) is 23.0. The lowest BCUT2D eigenvalue weighted by Crippen LogP contribution is -1.86. The summed E-state index contributed by atoms with van der Waals surface area (Å²) in [5.74, 6) is 0. The summed E-state index contributed by atoms with van der Waals surface area (Å²) in [6.07, 6.45) is 0. The number of rotatable bonds is 0. The van der Waals surface area contributed by atoms with Crippen LogP contribution in [0.5, 0.6) is 0 Å². The predicted molar refractivity (Wildman–Crippen MR) is 282 cm³/mol. The van der Waals surface area contributed by atoms with Gasteiger partial charge in [-0.15, -0.1) is 11.3 Å². The van der Waals surface area contributed by atoms with E-state index in [1.165, 1.54) is 115 Å². The van der Waals surface area contributed by atoms with Crippen molar-refractivity contribution < 1.29 is 0 Å². The van der Waals surface area contributed by atoms with Gasteiger partial charge >= 0.3 is 0 Å². The molecular weight excluding hydrogens is 765 g/mol. The standard InChI is InChI=1S/2C10H14.3C9H12.C8H10.C6H8S/c2*1-7-5-8(2)10(4)9(3)6-7;1-7-4-8(2)6-9(3)5-7;1-7-4-5-8(2)9(3)6-7;1-7-5-4-6-8(2)9(7)3;1-7-4-3-5-8(2)6-7;1-5-3-4-6(2)7-5/h2*5-6H,1-4H3;3*4-6H,1-3H3;3-6H,1-2H3;3-4H,1-2H3. The fraction of sp³-hybridized carbons (Fsp3) is 0.344. The third-order valence-electron chi connectivity index (χ3n) is 11.1. The van der Waals surface area contributed by atoms with Crippen LogP contribution in [0.4, 0.5) is 0 Å². The fourth-order valence-electron chi connectivity index (χ4n) is 6.86. The van der Waals surface area contributed by atoms with Crippen LogP contribution in [0.2, 0.25) is 0 Å². The molecule has 1 heterocycles. The molecule has 0 saturated carbocycles. The third-order valence-corrected chi connectivity index (χ3v) is 12.0. The molecule has 0 aliphatic heterocycles. The van der Waals surface area contributed by atoms with Gasteiger partial charge < -0.3 is 0 Å². The highest BCUT2D eigenvalue weighted by atomic mass is 32.1. The van der Waals surface area contributed by atoms with Crippen LogP contribution in [0, 0.1) is 145 Å². The summed E-state index contributed by atoms with van der Waals surface area (Å²) in [6, 6.07) is 41.1. The van der Waals surface area contributed by atoms with Gasteiger partial charge in [-0.25, -0.2) is 0 Å². The van der Waals surface area contributed by atoms with Crippen LogP contribution in [0.1, 0.15) is 115 Å². The van der Waals surface area contributed by atoms with Crippen LogP contribution < -0.4 is 0 Å². The quantitative estimate of drug-likeness (QED) is 0.143. The lowest BCUT2D eigenvalue weighted by Gasteiger charge is -2.04. The molecule has 0 nitrogen and oxygen atoms in total. The molecule has 7 aromatic rings. The molecule has 1 heteroatoms. The van der Waals surface area contributed by atoms with Gasteiger partial charge in [-0.05, 0) is 219 Å². The van der Waals surface area contributed by atoms with Gasteiger partial charge in [0.2, 0.25) is 0 Å². The van der Waals surface area contributed by atoms with E-state index in [4.69, 9.17) is 0 Å². The lowest BCUT2D eigenvalue weighted by molar-refractivity contribution is 1.23. The molecule has 0 bridgehead atoms. The minimum atomic E-state index is 1.34. The lowest BCUT2D eigenvalue weighted by atomic mass is 10.0. The van der Waals surface area contributed by atoms with E-state index in [2.05, 4.69) is 261 Å². The van der Waals surface area contributed by atoms with E-state index in [1.54, 1.807) is 0 Å². The van der Waals surface area contributed by atoms with Crippen molar-refractivity contribution in [3.05, 3.63) is 231 Å². The van der Waals surface area contributed by atoms with E-state index < -0.39 is 0 Å². The Hall–Kier alpha value is -4.98. The zero-order valence-electron chi connectivity index (χ0n) is 42.9. The van der Waals surface area contributed by atoms with Crippen molar-refractivity contribution in [2.24, 2.45) is 0 Å². The molecule has 0 fully saturated rings. The molecule has 0 radical (unpaired) electrons. The van der Waals surface area contributed by atoms with Crippen molar-refractivity contribution in [1.29, 1.82) is 0 Å². The second kappa shape index (κ2) is 27.9. The van der Waals surface area contributed by atoms with Crippen LogP contribution in [0.3, 0.4) is 0 Å².